The Balaban J connectivity index is 2.32. The molecule has 0 bridgehead atoms. The maximum Gasteiger partial charge on any atom is 0.418 e. The van der Waals surface area contributed by atoms with Gasteiger partial charge in [-0.2, -0.15) is 0 Å². The molecule has 1 aromatic heterocycles. The number of fused-ring (bicyclic) bond motifs is 1. The molecule has 1 atom stereocenters. The summed E-state index contributed by atoms with van der Waals surface area (Å²) in [6, 6.07) is 7.06. The summed E-state index contributed by atoms with van der Waals surface area (Å²) in [6.07, 6.45) is 0.238. The van der Waals surface area contributed by atoms with Crippen molar-refractivity contribution in [3.63, 3.8) is 0 Å². The van der Waals surface area contributed by atoms with E-state index >= 15 is 0 Å². The average molecular weight is 367 g/mol. The number of rotatable bonds is 4. The lowest BCUT2D eigenvalue weighted by atomic mass is 10.0. The molecule has 0 aliphatic heterocycles. The summed E-state index contributed by atoms with van der Waals surface area (Å²) in [7, 11) is 1.58. The first-order valence-corrected chi connectivity index (χ1v) is 8.49. The van der Waals surface area contributed by atoms with Gasteiger partial charge in [-0.15, -0.1) is 11.6 Å². The number of hydrogen-bond acceptors (Lipinski definition) is 4. The van der Waals surface area contributed by atoms with Crippen LogP contribution < -0.4 is 0 Å². The summed E-state index contributed by atoms with van der Waals surface area (Å²) in [5, 5.41) is 11.2. The largest absolute Gasteiger partial charge is 0.443 e. The van der Waals surface area contributed by atoms with Gasteiger partial charge in [-0.1, -0.05) is 12.1 Å². The van der Waals surface area contributed by atoms with Gasteiger partial charge in [-0.05, 0) is 38.5 Å². The normalized spacial score (nSPS) is 12.9. The summed E-state index contributed by atoms with van der Waals surface area (Å²) in [5.41, 5.74) is 0.668. The number of ether oxygens (including phenoxy) is 1. The lowest BCUT2D eigenvalue weighted by Gasteiger charge is -2.21. The van der Waals surface area contributed by atoms with Crippen molar-refractivity contribution in [2.45, 2.75) is 32.5 Å². The second-order valence-electron chi connectivity index (χ2n) is 6.87. The second kappa shape index (κ2) is 7.45. The van der Waals surface area contributed by atoms with Gasteiger partial charge in [0.05, 0.1) is 18.2 Å². The van der Waals surface area contributed by atoms with Crippen molar-refractivity contribution >= 4 is 34.5 Å². The van der Waals surface area contributed by atoms with Crippen molar-refractivity contribution in [3.8, 4) is 0 Å². The van der Waals surface area contributed by atoms with Gasteiger partial charge in [0.1, 0.15) is 11.5 Å². The smallest absolute Gasteiger partial charge is 0.418 e. The van der Waals surface area contributed by atoms with E-state index in [0.29, 0.717) is 11.1 Å². The minimum Gasteiger partial charge on any atom is -0.443 e. The molecule has 1 heterocycles. The fraction of sp³-hybridized carbons (Fsp3) is 0.444. The predicted molar refractivity (Wildman–Crippen MR) is 96.9 cm³/mol. The monoisotopic (exact) mass is 366 g/mol. The highest BCUT2D eigenvalue weighted by molar-refractivity contribution is 6.27. The molecule has 1 aromatic carbocycles. The number of hydrogen-bond donors (Lipinski definition) is 1. The zero-order chi connectivity index (χ0) is 18.8. The molecular weight excluding hydrogens is 344 g/mol. The fourth-order valence-electron chi connectivity index (χ4n) is 2.51. The molecule has 0 radical (unpaired) electrons. The average Bonchev–Trinajstić information content (AvgIpc) is 2.96. The Morgan fingerprint density at radius 1 is 1.32 bits per heavy atom. The maximum absolute atomic E-state index is 12.3. The summed E-state index contributed by atoms with van der Waals surface area (Å²) >= 11 is 5.53. The van der Waals surface area contributed by atoms with Crippen LogP contribution >= 0.6 is 11.6 Å². The number of amides is 1. The van der Waals surface area contributed by atoms with Crippen LogP contribution in [0.5, 0.6) is 0 Å². The molecular formula is C18H23ClN2O4. The number of aromatic nitrogens is 1. The van der Waals surface area contributed by atoms with Gasteiger partial charge in [0, 0.05) is 18.6 Å². The molecule has 0 aliphatic rings. The second-order valence-corrected chi connectivity index (χ2v) is 7.14. The van der Waals surface area contributed by atoms with Gasteiger partial charge in [0.2, 0.25) is 5.91 Å². The first kappa shape index (κ1) is 19.3. The molecule has 0 saturated carbocycles. The molecule has 0 aliphatic carbocycles. The Kier molecular flexibility index (Phi) is 5.75. The number of halogens is 1. The van der Waals surface area contributed by atoms with E-state index in [9.17, 15) is 14.7 Å². The number of aliphatic hydroxyl groups is 1. The van der Waals surface area contributed by atoms with Crippen LogP contribution in [0.4, 0.5) is 4.79 Å². The van der Waals surface area contributed by atoms with Gasteiger partial charge < -0.3 is 14.7 Å². The molecule has 1 unspecified atom stereocenters. The van der Waals surface area contributed by atoms with Crippen LogP contribution in [0.15, 0.2) is 30.5 Å². The first-order chi connectivity index (χ1) is 11.6. The van der Waals surface area contributed by atoms with Crippen LogP contribution in [0.2, 0.25) is 0 Å². The van der Waals surface area contributed by atoms with Gasteiger partial charge in [0.15, 0.2) is 0 Å². The van der Waals surface area contributed by atoms with Crippen molar-refractivity contribution in [3.05, 3.63) is 36.0 Å². The minimum atomic E-state index is -0.893. The zero-order valence-electron chi connectivity index (χ0n) is 14.8. The van der Waals surface area contributed by atoms with Crippen LogP contribution in [0.25, 0.3) is 10.9 Å². The summed E-state index contributed by atoms with van der Waals surface area (Å²) in [5.74, 6) is -0.401. The number of aliphatic hydroxyl groups excluding tert-OH is 1. The minimum absolute atomic E-state index is 0.113. The van der Waals surface area contributed by atoms with Crippen molar-refractivity contribution in [1.29, 1.82) is 0 Å². The first-order valence-electron chi connectivity index (χ1n) is 7.95. The zero-order valence-corrected chi connectivity index (χ0v) is 15.6. The Hall–Kier alpha value is -2.05. The third-order valence-electron chi connectivity index (χ3n) is 3.70. The third-order valence-corrected chi connectivity index (χ3v) is 3.93. The van der Waals surface area contributed by atoms with E-state index in [1.165, 1.54) is 9.47 Å². The molecule has 0 spiro atoms. The highest BCUT2D eigenvalue weighted by Crippen LogP contribution is 2.26. The Bertz CT molecular complexity index is 779. The molecule has 0 saturated heterocycles. The number of alkyl halides is 1. The van der Waals surface area contributed by atoms with Crippen LogP contribution in [0.3, 0.4) is 0 Å². The van der Waals surface area contributed by atoms with Crippen molar-refractivity contribution in [2.75, 3.05) is 19.5 Å². The molecule has 2 aromatic rings. The van der Waals surface area contributed by atoms with E-state index in [1.807, 2.05) is 0 Å². The summed E-state index contributed by atoms with van der Waals surface area (Å²) in [4.78, 5) is 25.3. The van der Waals surface area contributed by atoms with Crippen molar-refractivity contribution in [1.82, 2.24) is 9.47 Å². The molecule has 136 valence electrons. The fourth-order valence-corrected chi connectivity index (χ4v) is 2.72. The van der Waals surface area contributed by atoms with E-state index in [0.717, 1.165) is 5.39 Å². The Morgan fingerprint density at radius 3 is 2.60 bits per heavy atom. The summed E-state index contributed by atoms with van der Waals surface area (Å²) < 4.78 is 6.80. The van der Waals surface area contributed by atoms with Crippen LogP contribution in [0.1, 0.15) is 32.4 Å². The lowest BCUT2D eigenvalue weighted by Crippen LogP contribution is -2.31. The molecule has 2 rings (SSSR count). The molecule has 6 nitrogen and oxygen atoms in total. The van der Waals surface area contributed by atoms with Gasteiger partial charge in [0.25, 0.3) is 0 Å². The van der Waals surface area contributed by atoms with Gasteiger partial charge in [-0.25, -0.2) is 4.79 Å². The van der Waals surface area contributed by atoms with Crippen LogP contribution in [-0.4, -0.2) is 51.6 Å². The van der Waals surface area contributed by atoms with Crippen molar-refractivity contribution in [2.24, 2.45) is 0 Å². The van der Waals surface area contributed by atoms with Crippen LogP contribution in [0, 0.1) is 0 Å². The standard InChI is InChI=1S/C18H23ClN2O4/c1-18(2,3)25-17(24)21-9-8-12-13(6-5-7-14(12)21)15(22)11-20(4)16(23)10-19/h5-9,15,22H,10-11H2,1-4H3. The molecule has 0 fully saturated rings. The number of benzene rings is 1. The number of carbonyl (C=O) groups excluding carboxylic acids is 2. The molecule has 7 heteroatoms. The molecule has 1 N–H and O–H groups in total. The van der Waals surface area contributed by atoms with E-state index < -0.39 is 17.8 Å². The van der Waals surface area contributed by atoms with E-state index in [-0.39, 0.29) is 18.3 Å². The molecule has 25 heavy (non-hydrogen) atoms. The summed E-state index contributed by atoms with van der Waals surface area (Å²) in [6.45, 7) is 5.52. The van der Waals surface area contributed by atoms with Crippen molar-refractivity contribution < 1.29 is 19.4 Å². The van der Waals surface area contributed by atoms with E-state index in [4.69, 9.17) is 16.3 Å². The maximum atomic E-state index is 12.3. The Morgan fingerprint density at radius 2 is 2.00 bits per heavy atom. The van der Waals surface area contributed by atoms with Crippen LogP contribution in [-0.2, 0) is 9.53 Å². The predicted octanol–water partition coefficient (Wildman–Crippen LogP) is 3.16. The lowest BCUT2D eigenvalue weighted by molar-refractivity contribution is -0.128. The highest BCUT2D eigenvalue weighted by atomic mass is 35.5. The number of nitrogens with zero attached hydrogens (tertiary/aromatic N) is 2. The Labute approximate surface area is 151 Å². The highest BCUT2D eigenvalue weighted by Gasteiger charge is 2.21. The number of likely N-dealkylation sites (N-methyl/N-ethyl adjacent to an activating group) is 1. The third kappa shape index (κ3) is 4.52. The van der Waals surface area contributed by atoms with Gasteiger partial charge in [-0.3, -0.25) is 9.36 Å². The SMILES string of the molecule is CN(CC(O)c1cccc2c1ccn2C(=O)OC(C)(C)C)C(=O)CCl. The number of carbonyl (C=O) groups is 2. The van der Waals surface area contributed by atoms with E-state index in [2.05, 4.69) is 0 Å². The molecule has 1 amide bonds. The quantitative estimate of drug-likeness (QED) is 0.844. The topological polar surface area (TPSA) is 71.8 Å². The van der Waals surface area contributed by atoms with E-state index in [1.54, 1.807) is 58.3 Å². The van der Waals surface area contributed by atoms with Gasteiger partial charge >= 0.3 is 6.09 Å².